The fraction of sp³-hybridized carbons (Fsp3) is 0.923. The molecular formula is C13H27N3O. The molecule has 1 amide bonds. The van der Waals surface area contributed by atoms with Gasteiger partial charge in [0.1, 0.15) is 0 Å². The summed E-state index contributed by atoms with van der Waals surface area (Å²) in [5.74, 6) is 1.70. The summed E-state index contributed by atoms with van der Waals surface area (Å²) < 4.78 is 0. The van der Waals surface area contributed by atoms with E-state index in [0.29, 0.717) is 13.0 Å². The molecular weight excluding hydrogens is 214 g/mol. The Balaban J connectivity index is 2.23. The molecule has 1 aliphatic carbocycles. The molecule has 0 radical (unpaired) electrons. The molecule has 100 valence electrons. The standard InChI is InChI=1S/C13H27N3O/c1-9-5-10(9)8-15-11(7-14)6-12(17)16-13(2,3)4/h9-11,15H,5-8,14H2,1-4H3,(H,16,17). The van der Waals surface area contributed by atoms with Crippen LogP contribution in [0.15, 0.2) is 0 Å². The lowest BCUT2D eigenvalue weighted by atomic mass is 10.1. The number of carbonyl (C=O) groups excluding carboxylic acids is 1. The summed E-state index contributed by atoms with van der Waals surface area (Å²) in [6.45, 7) is 9.73. The van der Waals surface area contributed by atoms with E-state index in [1.54, 1.807) is 0 Å². The van der Waals surface area contributed by atoms with E-state index in [-0.39, 0.29) is 17.5 Å². The van der Waals surface area contributed by atoms with Gasteiger partial charge in [0, 0.05) is 24.5 Å². The molecule has 3 atom stereocenters. The molecule has 1 saturated carbocycles. The predicted molar refractivity (Wildman–Crippen MR) is 70.6 cm³/mol. The van der Waals surface area contributed by atoms with Crippen molar-refractivity contribution in [3.05, 3.63) is 0 Å². The van der Waals surface area contributed by atoms with Crippen LogP contribution < -0.4 is 16.4 Å². The lowest BCUT2D eigenvalue weighted by Crippen LogP contribution is -2.46. The van der Waals surface area contributed by atoms with Gasteiger partial charge in [0.15, 0.2) is 0 Å². The zero-order valence-electron chi connectivity index (χ0n) is 11.5. The third-order valence-corrected chi connectivity index (χ3v) is 3.18. The molecule has 3 unspecified atom stereocenters. The fourth-order valence-electron chi connectivity index (χ4n) is 1.93. The number of nitrogens with two attached hydrogens (primary N) is 1. The topological polar surface area (TPSA) is 67.1 Å². The van der Waals surface area contributed by atoms with Crippen LogP contribution in [0.1, 0.15) is 40.5 Å². The van der Waals surface area contributed by atoms with Crippen molar-refractivity contribution in [2.75, 3.05) is 13.1 Å². The summed E-state index contributed by atoms with van der Waals surface area (Å²) in [5.41, 5.74) is 5.52. The molecule has 0 aliphatic heterocycles. The molecule has 0 heterocycles. The van der Waals surface area contributed by atoms with E-state index >= 15 is 0 Å². The summed E-state index contributed by atoms with van der Waals surface area (Å²) in [7, 11) is 0. The molecule has 0 spiro atoms. The van der Waals surface area contributed by atoms with Crippen LogP contribution >= 0.6 is 0 Å². The summed E-state index contributed by atoms with van der Waals surface area (Å²) in [6.07, 6.45) is 1.77. The highest BCUT2D eigenvalue weighted by Crippen LogP contribution is 2.36. The third kappa shape index (κ3) is 6.03. The molecule has 4 heteroatoms. The van der Waals surface area contributed by atoms with E-state index in [9.17, 15) is 4.79 Å². The third-order valence-electron chi connectivity index (χ3n) is 3.18. The largest absolute Gasteiger partial charge is 0.351 e. The Labute approximate surface area is 105 Å². The highest BCUT2D eigenvalue weighted by Gasteiger charge is 2.32. The lowest BCUT2D eigenvalue weighted by Gasteiger charge is -2.23. The predicted octanol–water partition coefficient (Wildman–Crippen LogP) is 0.864. The molecule has 1 aliphatic rings. The molecule has 0 bridgehead atoms. The van der Waals surface area contributed by atoms with Gasteiger partial charge in [0.25, 0.3) is 0 Å². The van der Waals surface area contributed by atoms with Crippen molar-refractivity contribution < 1.29 is 4.79 Å². The summed E-state index contributed by atoms with van der Waals surface area (Å²) in [4.78, 5) is 11.7. The van der Waals surface area contributed by atoms with E-state index in [0.717, 1.165) is 18.4 Å². The van der Waals surface area contributed by atoms with E-state index in [1.807, 2.05) is 20.8 Å². The van der Waals surface area contributed by atoms with E-state index in [4.69, 9.17) is 5.73 Å². The first-order chi connectivity index (χ1) is 7.81. The highest BCUT2D eigenvalue weighted by molar-refractivity contribution is 5.77. The van der Waals surface area contributed by atoms with Crippen molar-refractivity contribution in [1.82, 2.24) is 10.6 Å². The van der Waals surface area contributed by atoms with Gasteiger partial charge in [0.2, 0.25) is 5.91 Å². The van der Waals surface area contributed by atoms with Gasteiger partial charge in [-0.2, -0.15) is 0 Å². The van der Waals surface area contributed by atoms with Crippen molar-refractivity contribution in [3.63, 3.8) is 0 Å². The van der Waals surface area contributed by atoms with Gasteiger partial charge in [-0.05, 0) is 45.6 Å². The lowest BCUT2D eigenvalue weighted by molar-refractivity contribution is -0.122. The first kappa shape index (κ1) is 14.5. The van der Waals surface area contributed by atoms with Gasteiger partial charge in [-0.25, -0.2) is 0 Å². The number of carbonyl (C=O) groups is 1. The number of rotatable bonds is 6. The van der Waals surface area contributed by atoms with Gasteiger partial charge in [-0.3, -0.25) is 4.79 Å². The van der Waals surface area contributed by atoms with Crippen LogP contribution in [0, 0.1) is 11.8 Å². The smallest absolute Gasteiger partial charge is 0.222 e. The second kappa shape index (κ2) is 5.83. The van der Waals surface area contributed by atoms with Crippen molar-refractivity contribution in [1.29, 1.82) is 0 Å². The normalized spacial score (nSPS) is 25.5. The van der Waals surface area contributed by atoms with Crippen molar-refractivity contribution >= 4 is 5.91 Å². The van der Waals surface area contributed by atoms with Gasteiger partial charge in [-0.15, -0.1) is 0 Å². The monoisotopic (exact) mass is 241 g/mol. The molecule has 17 heavy (non-hydrogen) atoms. The molecule has 4 N–H and O–H groups in total. The zero-order valence-corrected chi connectivity index (χ0v) is 11.5. The van der Waals surface area contributed by atoms with Crippen molar-refractivity contribution in [3.8, 4) is 0 Å². The Morgan fingerprint density at radius 2 is 2.06 bits per heavy atom. The molecule has 4 nitrogen and oxygen atoms in total. The number of hydrogen-bond donors (Lipinski definition) is 3. The zero-order chi connectivity index (χ0) is 13.1. The summed E-state index contributed by atoms with van der Waals surface area (Å²) in [6, 6.07) is 0.102. The molecule has 0 aromatic heterocycles. The molecule has 0 aromatic carbocycles. The van der Waals surface area contributed by atoms with Gasteiger partial charge in [-0.1, -0.05) is 6.92 Å². The van der Waals surface area contributed by atoms with Crippen LogP contribution in [-0.4, -0.2) is 30.6 Å². The van der Waals surface area contributed by atoms with Crippen LogP contribution in [0.4, 0.5) is 0 Å². The molecule has 0 saturated heterocycles. The van der Waals surface area contributed by atoms with E-state index in [1.165, 1.54) is 6.42 Å². The molecule has 1 rings (SSSR count). The minimum absolute atomic E-state index is 0.0734. The maximum absolute atomic E-state index is 11.7. The van der Waals surface area contributed by atoms with Crippen LogP contribution in [0.25, 0.3) is 0 Å². The van der Waals surface area contributed by atoms with Crippen molar-refractivity contribution in [2.45, 2.75) is 52.1 Å². The summed E-state index contributed by atoms with van der Waals surface area (Å²) >= 11 is 0. The van der Waals surface area contributed by atoms with Gasteiger partial charge < -0.3 is 16.4 Å². The SMILES string of the molecule is CC1CC1CNC(CN)CC(=O)NC(C)(C)C. The molecule has 0 aromatic rings. The Hall–Kier alpha value is -0.610. The van der Waals surface area contributed by atoms with Crippen LogP contribution in [-0.2, 0) is 4.79 Å². The molecule has 1 fully saturated rings. The Morgan fingerprint density at radius 3 is 2.47 bits per heavy atom. The maximum Gasteiger partial charge on any atom is 0.222 e. The van der Waals surface area contributed by atoms with Crippen LogP contribution in [0.5, 0.6) is 0 Å². The van der Waals surface area contributed by atoms with E-state index in [2.05, 4.69) is 17.6 Å². The van der Waals surface area contributed by atoms with Gasteiger partial charge >= 0.3 is 0 Å². The first-order valence-electron chi connectivity index (χ1n) is 6.56. The van der Waals surface area contributed by atoms with Crippen molar-refractivity contribution in [2.24, 2.45) is 17.6 Å². The van der Waals surface area contributed by atoms with Crippen LogP contribution in [0.3, 0.4) is 0 Å². The minimum Gasteiger partial charge on any atom is -0.351 e. The Kier molecular flexibility index (Phi) is 4.95. The highest BCUT2D eigenvalue weighted by atomic mass is 16.1. The second-order valence-electron chi connectivity index (χ2n) is 6.32. The Bertz CT molecular complexity index is 260. The first-order valence-corrected chi connectivity index (χ1v) is 6.56. The quantitative estimate of drug-likeness (QED) is 0.646. The average molecular weight is 241 g/mol. The number of nitrogens with one attached hydrogen (secondary N) is 2. The average Bonchev–Trinajstić information content (AvgIpc) is 2.86. The minimum atomic E-state index is -0.165. The number of hydrogen-bond acceptors (Lipinski definition) is 3. The summed E-state index contributed by atoms with van der Waals surface area (Å²) in [5, 5.41) is 6.35. The Morgan fingerprint density at radius 1 is 1.47 bits per heavy atom. The fourth-order valence-corrected chi connectivity index (χ4v) is 1.93. The number of amides is 1. The second-order valence-corrected chi connectivity index (χ2v) is 6.32. The van der Waals surface area contributed by atoms with Gasteiger partial charge in [0.05, 0.1) is 0 Å². The maximum atomic E-state index is 11.7. The van der Waals surface area contributed by atoms with E-state index < -0.39 is 0 Å². The van der Waals surface area contributed by atoms with Crippen LogP contribution in [0.2, 0.25) is 0 Å².